The van der Waals surface area contributed by atoms with Gasteiger partial charge in [0.15, 0.2) is 0 Å². The lowest BCUT2D eigenvalue weighted by molar-refractivity contribution is -0.119. The fourth-order valence-corrected chi connectivity index (χ4v) is 5.18. The normalized spacial score (nSPS) is 25.0. The first-order valence-electron chi connectivity index (χ1n) is 10.1. The minimum atomic E-state index is -0.315. The Hall–Kier alpha value is -2.19. The summed E-state index contributed by atoms with van der Waals surface area (Å²) in [5.74, 6) is 0.907. The lowest BCUT2D eigenvalue weighted by Gasteiger charge is -2.31. The quantitative estimate of drug-likeness (QED) is 0.479. The molecular formula is C24H21Br2N3O2. The van der Waals surface area contributed by atoms with Crippen LogP contribution in [0.4, 0.5) is 5.69 Å². The molecule has 0 spiro atoms. The van der Waals surface area contributed by atoms with Crippen LogP contribution in [0.3, 0.4) is 0 Å². The van der Waals surface area contributed by atoms with Crippen LogP contribution in [-0.2, 0) is 4.79 Å². The van der Waals surface area contributed by atoms with E-state index in [-0.39, 0.29) is 30.0 Å². The van der Waals surface area contributed by atoms with Crippen molar-refractivity contribution in [3.8, 4) is 5.75 Å². The molecular weight excluding hydrogens is 522 g/mol. The number of rotatable bonds is 4. The molecule has 5 rings (SSSR count). The van der Waals surface area contributed by atoms with Gasteiger partial charge in [0.1, 0.15) is 11.8 Å². The number of hydrogen-bond acceptors (Lipinski definition) is 4. The van der Waals surface area contributed by atoms with E-state index in [1.165, 1.54) is 0 Å². The van der Waals surface area contributed by atoms with Crippen LogP contribution in [0, 0.1) is 5.92 Å². The number of fused-ring (bicyclic) bond motifs is 1. The number of hydrogen-bond donors (Lipinski definition) is 2. The van der Waals surface area contributed by atoms with E-state index in [2.05, 4.69) is 67.0 Å². The zero-order valence-electron chi connectivity index (χ0n) is 16.8. The first-order valence-corrected chi connectivity index (χ1v) is 11.6. The molecule has 2 fully saturated rings. The highest BCUT2D eigenvalue weighted by Crippen LogP contribution is 2.49. The summed E-state index contributed by atoms with van der Waals surface area (Å²) in [6.07, 6.45) is 0. The predicted octanol–water partition coefficient (Wildman–Crippen LogP) is 5.14. The third-order valence-corrected chi connectivity index (χ3v) is 7.16. The largest absolute Gasteiger partial charge is 0.497 e. The summed E-state index contributed by atoms with van der Waals surface area (Å²) in [6.45, 7) is 0. The van der Waals surface area contributed by atoms with Crippen molar-refractivity contribution in [2.75, 3.05) is 12.0 Å². The molecule has 0 aliphatic carbocycles. The Morgan fingerprint density at radius 1 is 0.774 bits per heavy atom. The Balaban J connectivity index is 1.60. The topological polar surface area (TPSA) is 53.6 Å². The van der Waals surface area contributed by atoms with Gasteiger partial charge in [0.25, 0.3) is 0 Å². The molecule has 2 N–H and O–H groups in total. The number of amides is 1. The van der Waals surface area contributed by atoms with Crippen LogP contribution in [0.25, 0.3) is 0 Å². The first-order chi connectivity index (χ1) is 15.1. The molecule has 0 bridgehead atoms. The number of methoxy groups -OCH3 is 1. The SMILES string of the molecule is COc1ccc(C2NNC3C(=O)N(c4ccc(Br)cc4)C(c4ccc(Br)cc4)C32)cc1. The molecule has 158 valence electrons. The molecule has 4 atom stereocenters. The van der Waals surface area contributed by atoms with E-state index in [9.17, 15) is 4.79 Å². The maximum absolute atomic E-state index is 13.6. The zero-order chi connectivity index (χ0) is 21.5. The fraction of sp³-hybridized carbons (Fsp3) is 0.208. The summed E-state index contributed by atoms with van der Waals surface area (Å²) in [4.78, 5) is 15.5. The lowest BCUT2D eigenvalue weighted by atomic mass is 9.83. The minimum Gasteiger partial charge on any atom is -0.497 e. The van der Waals surface area contributed by atoms with Crippen LogP contribution < -0.4 is 20.5 Å². The Morgan fingerprint density at radius 2 is 1.32 bits per heavy atom. The third kappa shape index (κ3) is 3.69. The highest BCUT2D eigenvalue weighted by Gasteiger charge is 2.55. The summed E-state index contributed by atoms with van der Waals surface area (Å²) in [5.41, 5.74) is 9.78. The van der Waals surface area contributed by atoms with Gasteiger partial charge >= 0.3 is 0 Å². The summed E-state index contributed by atoms with van der Waals surface area (Å²) in [7, 11) is 1.66. The number of ether oxygens (including phenoxy) is 1. The number of nitrogens with one attached hydrogen (secondary N) is 2. The molecule has 0 radical (unpaired) electrons. The van der Waals surface area contributed by atoms with Gasteiger partial charge < -0.3 is 9.64 Å². The molecule has 7 heteroatoms. The summed E-state index contributed by atoms with van der Waals surface area (Å²) >= 11 is 7.03. The van der Waals surface area contributed by atoms with E-state index in [1.54, 1.807) is 7.11 Å². The highest BCUT2D eigenvalue weighted by molar-refractivity contribution is 9.10. The summed E-state index contributed by atoms with van der Waals surface area (Å²) < 4.78 is 7.32. The molecule has 0 saturated carbocycles. The monoisotopic (exact) mass is 541 g/mol. The molecule has 2 saturated heterocycles. The molecule has 31 heavy (non-hydrogen) atoms. The minimum absolute atomic E-state index is 0.0192. The second kappa shape index (κ2) is 8.39. The van der Waals surface area contributed by atoms with Crippen molar-refractivity contribution >= 4 is 43.5 Å². The Kier molecular flexibility index (Phi) is 5.60. The molecule has 0 aromatic heterocycles. The number of anilines is 1. The molecule has 1 amide bonds. The van der Waals surface area contributed by atoms with E-state index in [1.807, 2.05) is 53.4 Å². The average Bonchev–Trinajstić information content (AvgIpc) is 3.34. The number of carbonyl (C=O) groups excluding carboxylic acids is 1. The van der Waals surface area contributed by atoms with E-state index in [0.717, 1.165) is 31.5 Å². The third-order valence-electron chi connectivity index (χ3n) is 6.10. The number of nitrogens with zero attached hydrogens (tertiary/aromatic N) is 1. The van der Waals surface area contributed by atoms with Gasteiger partial charge in [0.2, 0.25) is 5.91 Å². The smallest absolute Gasteiger partial charge is 0.246 e. The van der Waals surface area contributed by atoms with Gasteiger partial charge in [0, 0.05) is 20.6 Å². The molecule has 2 heterocycles. The molecule has 3 aromatic rings. The molecule has 3 aromatic carbocycles. The van der Waals surface area contributed by atoms with Crippen molar-refractivity contribution in [2.45, 2.75) is 18.1 Å². The number of benzene rings is 3. The van der Waals surface area contributed by atoms with Crippen LogP contribution in [0.5, 0.6) is 5.75 Å². The van der Waals surface area contributed by atoms with Crippen molar-refractivity contribution in [3.63, 3.8) is 0 Å². The molecule has 4 unspecified atom stereocenters. The fourth-order valence-electron chi connectivity index (χ4n) is 4.65. The van der Waals surface area contributed by atoms with Gasteiger partial charge in [-0.2, -0.15) is 0 Å². The summed E-state index contributed by atoms with van der Waals surface area (Å²) in [6, 6.07) is 23.8. The first kappa shape index (κ1) is 20.7. The standard InChI is InChI=1S/C24H21Br2N3O2/c1-31-19-12-4-14(5-13-19)21-20-22(28-27-21)24(30)29(18-10-8-17(26)9-11-18)23(20)15-2-6-16(25)7-3-15/h2-13,20-23,27-28H,1H3. The van der Waals surface area contributed by atoms with E-state index in [0.29, 0.717) is 0 Å². The Labute approximate surface area is 198 Å². The van der Waals surface area contributed by atoms with Gasteiger partial charge in [-0.05, 0) is 59.7 Å². The maximum atomic E-state index is 13.6. The lowest BCUT2D eigenvalue weighted by Crippen LogP contribution is -2.41. The number of hydrazine groups is 1. The zero-order valence-corrected chi connectivity index (χ0v) is 19.9. The van der Waals surface area contributed by atoms with Crippen LogP contribution in [0.1, 0.15) is 23.2 Å². The second-order valence-electron chi connectivity index (χ2n) is 7.78. The predicted molar refractivity (Wildman–Crippen MR) is 128 cm³/mol. The van der Waals surface area contributed by atoms with Gasteiger partial charge in [0.05, 0.1) is 19.2 Å². The van der Waals surface area contributed by atoms with Crippen molar-refractivity contribution in [1.82, 2.24) is 10.9 Å². The van der Waals surface area contributed by atoms with Crippen LogP contribution >= 0.6 is 31.9 Å². The van der Waals surface area contributed by atoms with Gasteiger partial charge in [-0.15, -0.1) is 0 Å². The highest BCUT2D eigenvalue weighted by atomic mass is 79.9. The van der Waals surface area contributed by atoms with E-state index in [4.69, 9.17) is 4.74 Å². The molecule has 2 aliphatic rings. The molecule has 5 nitrogen and oxygen atoms in total. The number of carbonyl (C=O) groups is 1. The average molecular weight is 543 g/mol. The van der Waals surface area contributed by atoms with Crippen LogP contribution in [-0.4, -0.2) is 19.1 Å². The maximum Gasteiger partial charge on any atom is 0.246 e. The van der Waals surface area contributed by atoms with Gasteiger partial charge in [-0.3, -0.25) is 4.79 Å². The van der Waals surface area contributed by atoms with E-state index < -0.39 is 0 Å². The Bertz CT molecular complexity index is 1090. The van der Waals surface area contributed by atoms with Gasteiger partial charge in [-0.1, -0.05) is 56.1 Å². The van der Waals surface area contributed by atoms with Crippen molar-refractivity contribution in [2.24, 2.45) is 5.92 Å². The second-order valence-corrected chi connectivity index (χ2v) is 9.61. The van der Waals surface area contributed by atoms with Crippen molar-refractivity contribution in [3.05, 3.63) is 92.9 Å². The van der Waals surface area contributed by atoms with Crippen LogP contribution in [0.15, 0.2) is 81.7 Å². The Morgan fingerprint density at radius 3 is 1.94 bits per heavy atom. The van der Waals surface area contributed by atoms with E-state index >= 15 is 0 Å². The van der Waals surface area contributed by atoms with Crippen molar-refractivity contribution in [1.29, 1.82) is 0 Å². The van der Waals surface area contributed by atoms with Crippen LogP contribution in [0.2, 0.25) is 0 Å². The van der Waals surface area contributed by atoms with Crippen molar-refractivity contribution < 1.29 is 9.53 Å². The summed E-state index contributed by atoms with van der Waals surface area (Å²) in [5, 5.41) is 0. The molecule has 2 aliphatic heterocycles. The number of halogens is 2. The van der Waals surface area contributed by atoms with Gasteiger partial charge in [-0.25, -0.2) is 10.9 Å².